The summed E-state index contributed by atoms with van der Waals surface area (Å²) in [5.74, 6) is -0.0972. The van der Waals surface area contributed by atoms with E-state index in [4.69, 9.17) is 14.6 Å². The van der Waals surface area contributed by atoms with E-state index >= 15 is 0 Å². The molecule has 18 heavy (non-hydrogen) atoms. The molecule has 2 aliphatic heterocycles. The Morgan fingerprint density at radius 1 is 1.22 bits per heavy atom. The maximum atomic E-state index is 10.3. The number of aliphatic hydroxyl groups is 1. The molecule has 0 aromatic rings. The van der Waals surface area contributed by atoms with Crippen molar-refractivity contribution in [1.82, 2.24) is 0 Å². The third-order valence-corrected chi connectivity index (χ3v) is 4.08. The zero-order valence-corrected chi connectivity index (χ0v) is 10.6. The summed E-state index contributed by atoms with van der Waals surface area (Å²) < 4.78 is 11.3. The highest BCUT2D eigenvalue weighted by Crippen LogP contribution is 2.44. The molecule has 2 saturated heterocycles. The first-order valence-corrected chi connectivity index (χ1v) is 6.78. The number of aliphatic hydroxyl groups excluding tert-OH is 1. The van der Waals surface area contributed by atoms with Crippen LogP contribution >= 0.6 is 0 Å². The summed E-state index contributed by atoms with van der Waals surface area (Å²) in [5, 5.41) is 17.9. The van der Waals surface area contributed by atoms with Gasteiger partial charge in [-0.05, 0) is 31.6 Å². The Bertz CT molecular complexity index is 281. The number of carbonyl (C=O) groups is 1. The summed E-state index contributed by atoms with van der Waals surface area (Å²) in [6.07, 6.45) is 4.35. The van der Waals surface area contributed by atoms with E-state index in [1.807, 2.05) is 0 Å². The fourth-order valence-corrected chi connectivity index (χ4v) is 3.17. The highest BCUT2D eigenvalue weighted by molar-refractivity contribution is 5.66. The van der Waals surface area contributed by atoms with Gasteiger partial charge in [-0.25, -0.2) is 0 Å². The normalized spacial score (nSPS) is 34.1. The molecule has 0 aliphatic carbocycles. The third-order valence-electron chi connectivity index (χ3n) is 4.08. The van der Waals surface area contributed by atoms with E-state index in [0.29, 0.717) is 31.7 Å². The van der Waals surface area contributed by atoms with Crippen molar-refractivity contribution in [2.24, 2.45) is 11.8 Å². The molecule has 2 heterocycles. The molecule has 0 saturated carbocycles. The van der Waals surface area contributed by atoms with E-state index < -0.39 is 5.97 Å². The lowest BCUT2D eigenvalue weighted by Crippen LogP contribution is -2.30. The van der Waals surface area contributed by atoms with E-state index in [2.05, 4.69) is 0 Å². The topological polar surface area (TPSA) is 76.0 Å². The number of carboxylic acid groups (broad SMARTS) is 1. The minimum absolute atomic E-state index is 0.163. The van der Waals surface area contributed by atoms with Crippen molar-refractivity contribution >= 4 is 5.97 Å². The van der Waals surface area contributed by atoms with Gasteiger partial charge in [0.2, 0.25) is 0 Å². The third kappa shape index (κ3) is 3.22. The van der Waals surface area contributed by atoms with Crippen LogP contribution in [-0.4, -0.2) is 48.2 Å². The largest absolute Gasteiger partial charge is 0.481 e. The molecule has 0 spiro atoms. The Balaban J connectivity index is 1.60. The van der Waals surface area contributed by atoms with E-state index in [9.17, 15) is 9.90 Å². The average molecular weight is 258 g/mol. The van der Waals surface area contributed by atoms with Crippen LogP contribution in [0.15, 0.2) is 0 Å². The fraction of sp³-hybridized carbons (Fsp3) is 0.923. The zero-order chi connectivity index (χ0) is 13.0. The number of fused-ring (bicyclic) bond motifs is 2. The maximum absolute atomic E-state index is 10.3. The second-order valence-corrected chi connectivity index (χ2v) is 5.20. The number of rotatable bonds is 8. The summed E-state index contributed by atoms with van der Waals surface area (Å²) in [6.45, 7) is 1.33. The SMILES string of the molecule is O=C(O)CCCOCCC1C2CCC(O2)C1CO. The van der Waals surface area contributed by atoms with E-state index in [1.165, 1.54) is 0 Å². The van der Waals surface area contributed by atoms with Crippen molar-refractivity contribution in [3.05, 3.63) is 0 Å². The Hall–Kier alpha value is -0.650. The monoisotopic (exact) mass is 258 g/mol. The van der Waals surface area contributed by atoms with Crippen LogP contribution in [0.4, 0.5) is 0 Å². The molecule has 104 valence electrons. The molecule has 5 nitrogen and oxygen atoms in total. The van der Waals surface area contributed by atoms with Gasteiger partial charge in [-0.2, -0.15) is 0 Å². The molecule has 0 aromatic heterocycles. The van der Waals surface area contributed by atoms with Crippen molar-refractivity contribution in [1.29, 1.82) is 0 Å². The van der Waals surface area contributed by atoms with Gasteiger partial charge in [-0.1, -0.05) is 0 Å². The van der Waals surface area contributed by atoms with Crippen molar-refractivity contribution < 1.29 is 24.5 Å². The Labute approximate surface area is 107 Å². The lowest BCUT2D eigenvalue weighted by molar-refractivity contribution is -0.137. The Morgan fingerprint density at radius 2 is 1.94 bits per heavy atom. The van der Waals surface area contributed by atoms with Crippen molar-refractivity contribution in [2.75, 3.05) is 19.8 Å². The second-order valence-electron chi connectivity index (χ2n) is 5.20. The van der Waals surface area contributed by atoms with E-state index in [0.717, 1.165) is 19.3 Å². The van der Waals surface area contributed by atoms with Gasteiger partial charge in [-0.15, -0.1) is 0 Å². The maximum Gasteiger partial charge on any atom is 0.303 e. The molecule has 2 fully saturated rings. The van der Waals surface area contributed by atoms with Gasteiger partial charge < -0.3 is 19.7 Å². The van der Waals surface area contributed by atoms with Gasteiger partial charge in [0, 0.05) is 32.2 Å². The summed E-state index contributed by atoms with van der Waals surface area (Å²) in [7, 11) is 0. The zero-order valence-electron chi connectivity index (χ0n) is 10.6. The highest BCUT2D eigenvalue weighted by Gasteiger charge is 2.47. The van der Waals surface area contributed by atoms with Crippen LogP contribution < -0.4 is 0 Å². The van der Waals surface area contributed by atoms with Gasteiger partial charge in [0.15, 0.2) is 0 Å². The minimum atomic E-state index is -0.777. The predicted octanol–water partition coefficient (Wildman–Crippen LogP) is 1.04. The number of carboxylic acids is 1. The van der Waals surface area contributed by atoms with Crippen molar-refractivity contribution in [3.63, 3.8) is 0 Å². The van der Waals surface area contributed by atoms with Gasteiger partial charge in [0.05, 0.1) is 12.2 Å². The molecule has 2 rings (SSSR count). The van der Waals surface area contributed by atoms with Gasteiger partial charge in [0.1, 0.15) is 0 Å². The second kappa shape index (κ2) is 6.50. The van der Waals surface area contributed by atoms with Gasteiger partial charge >= 0.3 is 5.97 Å². The average Bonchev–Trinajstić information content (AvgIpc) is 2.93. The van der Waals surface area contributed by atoms with Crippen LogP contribution in [0.2, 0.25) is 0 Å². The molecule has 2 aliphatic rings. The summed E-state index contributed by atoms with van der Waals surface area (Å²) in [4.78, 5) is 10.3. The number of hydrogen-bond donors (Lipinski definition) is 2. The molecular formula is C13H22O5. The minimum Gasteiger partial charge on any atom is -0.481 e. The van der Waals surface area contributed by atoms with E-state index in [-0.39, 0.29) is 25.0 Å². The van der Waals surface area contributed by atoms with Crippen LogP contribution in [0.3, 0.4) is 0 Å². The first kappa shape index (κ1) is 13.8. The van der Waals surface area contributed by atoms with Crippen molar-refractivity contribution in [3.8, 4) is 0 Å². The van der Waals surface area contributed by atoms with Crippen LogP contribution in [0.25, 0.3) is 0 Å². The van der Waals surface area contributed by atoms with E-state index in [1.54, 1.807) is 0 Å². The molecule has 2 N–H and O–H groups in total. The van der Waals surface area contributed by atoms with Crippen LogP contribution in [0.1, 0.15) is 32.1 Å². The smallest absolute Gasteiger partial charge is 0.303 e. The Morgan fingerprint density at radius 3 is 2.61 bits per heavy atom. The van der Waals surface area contributed by atoms with Crippen molar-refractivity contribution in [2.45, 2.75) is 44.3 Å². The molecule has 5 heteroatoms. The first-order chi connectivity index (χ1) is 8.72. The molecule has 4 atom stereocenters. The highest BCUT2D eigenvalue weighted by atomic mass is 16.5. The van der Waals surface area contributed by atoms with Gasteiger partial charge in [-0.3, -0.25) is 4.79 Å². The summed E-state index contributed by atoms with van der Waals surface area (Å²) >= 11 is 0. The first-order valence-electron chi connectivity index (χ1n) is 6.78. The fourth-order valence-electron chi connectivity index (χ4n) is 3.17. The number of aliphatic carboxylic acids is 1. The van der Waals surface area contributed by atoms with Crippen LogP contribution in [-0.2, 0) is 14.3 Å². The standard InChI is InChI=1S/C13H22O5/c14-8-10-9(11-3-4-12(10)18-11)5-7-17-6-1-2-13(15)16/h9-12,14H,1-8H2,(H,15,16). The molecule has 2 bridgehead atoms. The molecule has 4 unspecified atom stereocenters. The lowest BCUT2D eigenvalue weighted by Gasteiger charge is -2.26. The molecule has 0 aromatic carbocycles. The molecular weight excluding hydrogens is 236 g/mol. The Kier molecular flexibility index (Phi) is 4.97. The quantitative estimate of drug-likeness (QED) is 0.636. The predicted molar refractivity (Wildman–Crippen MR) is 64.3 cm³/mol. The number of ether oxygens (including phenoxy) is 2. The summed E-state index contributed by atoms with van der Waals surface area (Å²) in [5.41, 5.74) is 0. The van der Waals surface area contributed by atoms with Gasteiger partial charge in [0.25, 0.3) is 0 Å². The lowest BCUT2D eigenvalue weighted by atomic mass is 9.78. The summed E-state index contributed by atoms with van der Waals surface area (Å²) in [6, 6.07) is 0. The molecule has 0 amide bonds. The van der Waals surface area contributed by atoms with Crippen LogP contribution in [0.5, 0.6) is 0 Å². The number of hydrogen-bond acceptors (Lipinski definition) is 4. The molecule has 0 radical (unpaired) electrons. The van der Waals surface area contributed by atoms with Crippen LogP contribution in [0, 0.1) is 11.8 Å².